The van der Waals surface area contributed by atoms with Crippen molar-refractivity contribution in [3.05, 3.63) is 29.8 Å². The summed E-state index contributed by atoms with van der Waals surface area (Å²) in [5.41, 5.74) is -0.996. The highest BCUT2D eigenvalue weighted by molar-refractivity contribution is 6.12. The molecule has 2 atom stereocenters. The van der Waals surface area contributed by atoms with E-state index in [4.69, 9.17) is 18.9 Å². The Kier molecular flexibility index (Phi) is 9.86. The second kappa shape index (κ2) is 12.2. The minimum absolute atomic E-state index is 0.218. The van der Waals surface area contributed by atoms with Crippen molar-refractivity contribution in [1.29, 1.82) is 0 Å². The van der Waals surface area contributed by atoms with E-state index in [1.54, 1.807) is 48.5 Å². The smallest absolute Gasteiger partial charge is 0.410 e. The minimum atomic E-state index is -1.37. The van der Waals surface area contributed by atoms with Crippen LogP contribution >= 0.6 is 0 Å². The number of amides is 2. The van der Waals surface area contributed by atoms with E-state index in [-0.39, 0.29) is 18.7 Å². The summed E-state index contributed by atoms with van der Waals surface area (Å²) in [6.07, 6.45) is -1.86. The molecule has 1 fully saturated rings. The Hall–Kier alpha value is -3.14. The first kappa shape index (κ1) is 29.1. The lowest BCUT2D eigenvalue weighted by molar-refractivity contribution is -0.157. The second-order valence-electron chi connectivity index (χ2n) is 10.5. The summed E-state index contributed by atoms with van der Waals surface area (Å²) in [5.74, 6) is -1.21. The van der Waals surface area contributed by atoms with Gasteiger partial charge in [-0.25, -0.2) is 9.59 Å². The van der Waals surface area contributed by atoms with Crippen LogP contribution in [0.2, 0.25) is 0 Å². The number of nitrogens with zero attached hydrogens (tertiary/aromatic N) is 1. The number of likely N-dealkylation sites (N-methyl/N-ethyl adjacent to an activating group) is 1. The number of nitrogens with one attached hydrogen (secondary N) is 1. The molecule has 1 aromatic carbocycles. The fourth-order valence-electron chi connectivity index (χ4n) is 3.41. The quantitative estimate of drug-likeness (QED) is 0.308. The van der Waals surface area contributed by atoms with Crippen LogP contribution in [0.4, 0.5) is 4.79 Å². The standard InChI is InChI=1S/C26H38N2O8/c1-8-27-23(31)22(34-19-13-14-28(15-19)24(32)36-26(5,6)7)21(30)17-9-11-18(12-10-17)33-16-20(29)35-25(2,3)4/h9-12,19,22H,8,13-16H2,1-7H3,(H,27,31). The Bertz CT molecular complexity index is 931. The molecule has 1 aliphatic rings. The molecule has 1 N–H and O–H groups in total. The molecule has 0 radical (unpaired) electrons. The van der Waals surface area contributed by atoms with Crippen LogP contribution in [0.5, 0.6) is 5.75 Å². The van der Waals surface area contributed by atoms with Gasteiger partial charge in [-0.3, -0.25) is 9.59 Å². The number of esters is 1. The van der Waals surface area contributed by atoms with E-state index in [9.17, 15) is 19.2 Å². The molecule has 0 aliphatic carbocycles. The normalized spacial score (nSPS) is 16.8. The van der Waals surface area contributed by atoms with Crippen molar-refractivity contribution >= 4 is 23.8 Å². The average molecular weight is 507 g/mol. The maximum Gasteiger partial charge on any atom is 0.410 e. The van der Waals surface area contributed by atoms with Crippen molar-refractivity contribution in [3.63, 3.8) is 0 Å². The topological polar surface area (TPSA) is 120 Å². The summed E-state index contributed by atoms with van der Waals surface area (Å²) in [5, 5.41) is 2.63. The zero-order valence-corrected chi connectivity index (χ0v) is 22.2. The molecule has 200 valence electrons. The number of benzene rings is 1. The van der Waals surface area contributed by atoms with Gasteiger partial charge in [-0.05, 0) is 79.2 Å². The van der Waals surface area contributed by atoms with Crippen LogP contribution in [0.15, 0.2) is 24.3 Å². The van der Waals surface area contributed by atoms with Crippen LogP contribution in [-0.2, 0) is 23.8 Å². The van der Waals surface area contributed by atoms with E-state index >= 15 is 0 Å². The monoisotopic (exact) mass is 506 g/mol. The Labute approximate surface area is 212 Å². The molecular formula is C26H38N2O8. The third-order valence-corrected chi connectivity index (χ3v) is 4.87. The molecule has 0 saturated carbocycles. The summed E-state index contributed by atoms with van der Waals surface area (Å²) in [6.45, 7) is 13.1. The average Bonchev–Trinajstić information content (AvgIpc) is 3.23. The molecule has 2 unspecified atom stereocenters. The van der Waals surface area contributed by atoms with E-state index in [0.29, 0.717) is 25.3 Å². The van der Waals surface area contributed by atoms with E-state index in [0.717, 1.165) is 0 Å². The molecule has 1 aromatic rings. The van der Waals surface area contributed by atoms with E-state index < -0.39 is 47.2 Å². The summed E-state index contributed by atoms with van der Waals surface area (Å²) in [7, 11) is 0. The molecule has 36 heavy (non-hydrogen) atoms. The van der Waals surface area contributed by atoms with Gasteiger partial charge in [0, 0.05) is 18.7 Å². The number of likely N-dealkylation sites (tertiary alicyclic amines) is 1. The van der Waals surface area contributed by atoms with Crippen molar-refractivity contribution in [1.82, 2.24) is 10.2 Å². The number of rotatable bonds is 9. The third kappa shape index (κ3) is 9.49. The highest BCUT2D eigenvalue weighted by Crippen LogP contribution is 2.21. The zero-order chi connectivity index (χ0) is 27.1. The molecule has 1 saturated heterocycles. The summed E-state index contributed by atoms with van der Waals surface area (Å²) >= 11 is 0. The maximum atomic E-state index is 13.2. The predicted molar refractivity (Wildman–Crippen MR) is 132 cm³/mol. The molecule has 2 rings (SSSR count). The van der Waals surface area contributed by atoms with Gasteiger partial charge in [0.1, 0.15) is 17.0 Å². The van der Waals surface area contributed by atoms with E-state index in [1.165, 1.54) is 29.2 Å². The summed E-state index contributed by atoms with van der Waals surface area (Å²) in [4.78, 5) is 51.5. The van der Waals surface area contributed by atoms with Crippen LogP contribution in [0.3, 0.4) is 0 Å². The molecule has 10 nitrogen and oxygen atoms in total. The molecule has 0 aromatic heterocycles. The SMILES string of the molecule is CCNC(=O)C(OC1CCN(C(=O)OC(C)(C)C)C1)C(=O)c1ccc(OCC(=O)OC(C)(C)C)cc1. The van der Waals surface area contributed by atoms with Crippen LogP contribution < -0.4 is 10.1 Å². The zero-order valence-electron chi connectivity index (χ0n) is 22.2. The number of carbonyl (C=O) groups excluding carboxylic acids is 4. The van der Waals surface area contributed by atoms with Crippen molar-refractivity contribution in [2.45, 2.75) is 78.3 Å². The maximum absolute atomic E-state index is 13.2. The van der Waals surface area contributed by atoms with Gasteiger partial charge in [-0.1, -0.05) is 0 Å². The summed E-state index contributed by atoms with van der Waals surface area (Å²) in [6, 6.07) is 6.08. The Balaban J connectivity index is 2.03. The van der Waals surface area contributed by atoms with Crippen LogP contribution in [0.1, 0.15) is 65.2 Å². The van der Waals surface area contributed by atoms with Crippen LogP contribution in [-0.4, -0.2) is 78.3 Å². The highest BCUT2D eigenvalue weighted by atomic mass is 16.6. The Morgan fingerprint density at radius 1 is 1.00 bits per heavy atom. The van der Waals surface area contributed by atoms with E-state index in [1.807, 2.05) is 0 Å². The molecular weight excluding hydrogens is 468 g/mol. The van der Waals surface area contributed by atoms with Crippen molar-refractivity contribution in [3.8, 4) is 5.75 Å². The largest absolute Gasteiger partial charge is 0.482 e. The molecule has 10 heteroatoms. The first-order valence-electron chi connectivity index (χ1n) is 12.1. The van der Waals surface area contributed by atoms with Crippen LogP contribution in [0, 0.1) is 0 Å². The van der Waals surface area contributed by atoms with Crippen molar-refractivity contribution < 1.29 is 38.1 Å². The fraction of sp³-hybridized carbons (Fsp3) is 0.615. The van der Waals surface area contributed by atoms with E-state index in [2.05, 4.69) is 5.32 Å². The first-order valence-corrected chi connectivity index (χ1v) is 12.1. The molecule has 1 aliphatic heterocycles. The lowest BCUT2D eigenvalue weighted by atomic mass is 10.0. The highest BCUT2D eigenvalue weighted by Gasteiger charge is 2.36. The van der Waals surface area contributed by atoms with Gasteiger partial charge in [-0.15, -0.1) is 0 Å². The van der Waals surface area contributed by atoms with Crippen molar-refractivity contribution in [2.75, 3.05) is 26.2 Å². The number of ether oxygens (including phenoxy) is 4. The van der Waals surface area contributed by atoms with Gasteiger partial charge in [0.25, 0.3) is 5.91 Å². The Morgan fingerprint density at radius 2 is 1.61 bits per heavy atom. The van der Waals surface area contributed by atoms with Crippen LogP contribution in [0.25, 0.3) is 0 Å². The van der Waals surface area contributed by atoms with Gasteiger partial charge < -0.3 is 29.2 Å². The van der Waals surface area contributed by atoms with Gasteiger partial charge >= 0.3 is 12.1 Å². The molecule has 2 amide bonds. The number of hydrogen-bond donors (Lipinski definition) is 1. The van der Waals surface area contributed by atoms with Gasteiger partial charge in [0.15, 0.2) is 12.7 Å². The Morgan fingerprint density at radius 3 is 2.17 bits per heavy atom. The number of carbonyl (C=O) groups is 4. The molecule has 1 heterocycles. The number of ketones is 1. The van der Waals surface area contributed by atoms with Gasteiger partial charge in [0.2, 0.25) is 5.78 Å². The first-order chi connectivity index (χ1) is 16.7. The fourth-order valence-corrected chi connectivity index (χ4v) is 3.41. The summed E-state index contributed by atoms with van der Waals surface area (Å²) < 4.78 is 21.9. The molecule has 0 bridgehead atoms. The lowest BCUT2D eigenvalue weighted by Gasteiger charge is -2.25. The minimum Gasteiger partial charge on any atom is -0.482 e. The predicted octanol–water partition coefficient (Wildman–Crippen LogP) is 3.12. The van der Waals surface area contributed by atoms with Crippen molar-refractivity contribution in [2.24, 2.45) is 0 Å². The number of Topliss-reactive ketones (excluding diaryl/α,β-unsaturated/α-hetero) is 1. The van der Waals surface area contributed by atoms with Gasteiger partial charge in [-0.2, -0.15) is 0 Å². The second-order valence-corrected chi connectivity index (χ2v) is 10.5. The number of hydrogen-bond acceptors (Lipinski definition) is 8. The third-order valence-electron chi connectivity index (χ3n) is 4.87. The molecule has 0 spiro atoms. The lowest BCUT2D eigenvalue weighted by Crippen LogP contribution is -2.44. The van der Waals surface area contributed by atoms with Gasteiger partial charge in [0.05, 0.1) is 12.6 Å².